The van der Waals surface area contributed by atoms with Crippen molar-refractivity contribution in [3.05, 3.63) is 33.9 Å². The van der Waals surface area contributed by atoms with Crippen LogP contribution in [0.4, 0.5) is 0 Å². The molecule has 0 saturated heterocycles. The van der Waals surface area contributed by atoms with Crippen LogP contribution in [0.3, 0.4) is 0 Å². The Balaban J connectivity index is 1.79. The third-order valence-corrected chi connectivity index (χ3v) is 4.15. The van der Waals surface area contributed by atoms with E-state index >= 15 is 0 Å². The Kier molecular flexibility index (Phi) is 6.40. The third-order valence-electron chi connectivity index (χ3n) is 4.15. The van der Waals surface area contributed by atoms with Gasteiger partial charge in [0.2, 0.25) is 12.7 Å². The van der Waals surface area contributed by atoms with Crippen molar-refractivity contribution in [2.45, 2.75) is 38.3 Å². The third kappa shape index (κ3) is 5.49. The molecule has 2 unspecified atom stereocenters. The number of carbonyl (C=O) groups excluding carboxylic acids is 1. The summed E-state index contributed by atoms with van der Waals surface area (Å²) in [6.07, 6.45) is 1.22. The molecule has 9 nitrogen and oxygen atoms in total. The van der Waals surface area contributed by atoms with E-state index in [-0.39, 0.29) is 31.8 Å². The molecule has 1 aromatic carbocycles. The molecule has 0 aromatic heterocycles. The van der Waals surface area contributed by atoms with Crippen molar-refractivity contribution in [3.8, 4) is 11.5 Å². The van der Waals surface area contributed by atoms with Gasteiger partial charge >= 0.3 is 0 Å². The summed E-state index contributed by atoms with van der Waals surface area (Å²) in [5, 5.41) is 9.23. The lowest BCUT2D eigenvalue weighted by Crippen LogP contribution is -2.37. The summed E-state index contributed by atoms with van der Waals surface area (Å²) >= 11 is 0. The van der Waals surface area contributed by atoms with Crippen molar-refractivity contribution in [1.82, 2.24) is 4.90 Å². The molecule has 2 N–H and O–H groups in total. The fourth-order valence-electron chi connectivity index (χ4n) is 2.52. The molecule has 0 saturated carbocycles. The molecule has 0 fully saturated rings. The highest BCUT2D eigenvalue weighted by Gasteiger charge is 2.19. The molecular formula is C16H23N3O6. The summed E-state index contributed by atoms with van der Waals surface area (Å²) in [7, 11) is 1.74. The number of hydrogen-bond acceptors (Lipinski definition) is 7. The molecule has 138 valence electrons. The van der Waals surface area contributed by atoms with Gasteiger partial charge in [0.25, 0.3) is 5.09 Å². The monoisotopic (exact) mass is 353 g/mol. The van der Waals surface area contributed by atoms with Crippen LogP contribution in [-0.2, 0) is 16.1 Å². The van der Waals surface area contributed by atoms with Gasteiger partial charge in [0.1, 0.15) is 6.61 Å². The van der Waals surface area contributed by atoms with Gasteiger partial charge in [0.15, 0.2) is 11.5 Å². The first-order chi connectivity index (χ1) is 11.9. The molecule has 1 aliphatic heterocycles. The number of benzene rings is 1. The number of fused-ring (bicyclic) bond motifs is 1. The van der Waals surface area contributed by atoms with Gasteiger partial charge in [0, 0.05) is 25.6 Å². The zero-order chi connectivity index (χ0) is 18.4. The van der Waals surface area contributed by atoms with Gasteiger partial charge < -0.3 is 24.9 Å². The molecule has 0 bridgehead atoms. The van der Waals surface area contributed by atoms with E-state index in [1.807, 2.05) is 25.1 Å². The topological polar surface area (TPSA) is 117 Å². The molecule has 1 aromatic rings. The van der Waals surface area contributed by atoms with E-state index in [2.05, 4.69) is 4.84 Å². The SMILES string of the molecule is CC(Cc1ccc2c(c1)OCO2)N(C)C(=O)CCC(N)CO[N+](=O)[O-]. The van der Waals surface area contributed by atoms with Crippen molar-refractivity contribution < 1.29 is 24.2 Å². The summed E-state index contributed by atoms with van der Waals surface area (Å²) in [4.78, 5) is 28.2. The number of carbonyl (C=O) groups is 1. The maximum absolute atomic E-state index is 12.3. The Labute approximate surface area is 145 Å². The quantitative estimate of drug-likeness (QED) is 0.522. The van der Waals surface area contributed by atoms with E-state index in [4.69, 9.17) is 15.2 Å². The van der Waals surface area contributed by atoms with Gasteiger partial charge in [-0.25, -0.2) is 0 Å². The van der Waals surface area contributed by atoms with Crippen molar-refractivity contribution in [3.63, 3.8) is 0 Å². The Morgan fingerprint density at radius 1 is 1.44 bits per heavy atom. The predicted octanol–water partition coefficient (Wildman–Crippen LogP) is 1.12. The van der Waals surface area contributed by atoms with Gasteiger partial charge in [0.05, 0.1) is 0 Å². The van der Waals surface area contributed by atoms with Crippen molar-refractivity contribution in [2.24, 2.45) is 5.73 Å². The van der Waals surface area contributed by atoms with E-state index in [1.165, 1.54) is 0 Å². The normalized spacial score (nSPS) is 14.7. The molecule has 0 aliphatic carbocycles. The summed E-state index contributed by atoms with van der Waals surface area (Å²) in [5.74, 6) is 1.38. The van der Waals surface area contributed by atoms with E-state index in [1.54, 1.807) is 11.9 Å². The number of amides is 1. The van der Waals surface area contributed by atoms with Crippen LogP contribution in [0.25, 0.3) is 0 Å². The fraction of sp³-hybridized carbons (Fsp3) is 0.562. The number of ether oxygens (including phenoxy) is 2. The molecule has 9 heteroatoms. The van der Waals surface area contributed by atoms with Crippen molar-refractivity contribution >= 4 is 5.91 Å². The average Bonchev–Trinajstić information content (AvgIpc) is 3.04. The van der Waals surface area contributed by atoms with E-state index < -0.39 is 11.1 Å². The molecular weight excluding hydrogens is 330 g/mol. The van der Waals surface area contributed by atoms with Gasteiger partial charge in [-0.3, -0.25) is 4.79 Å². The first-order valence-corrected chi connectivity index (χ1v) is 8.04. The van der Waals surface area contributed by atoms with Crippen molar-refractivity contribution in [1.29, 1.82) is 0 Å². The molecule has 1 heterocycles. The summed E-state index contributed by atoms with van der Waals surface area (Å²) in [6, 6.07) is 5.17. The van der Waals surface area contributed by atoms with Crippen LogP contribution in [0.5, 0.6) is 11.5 Å². The van der Waals surface area contributed by atoms with Crippen LogP contribution in [0, 0.1) is 10.1 Å². The smallest absolute Gasteiger partial charge is 0.294 e. The Morgan fingerprint density at radius 2 is 2.16 bits per heavy atom. The average molecular weight is 353 g/mol. The largest absolute Gasteiger partial charge is 0.454 e. The van der Waals surface area contributed by atoms with E-state index in [0.717, 1.165) is 17.1 Å². The molecule has 0 spiro atoms. The first-order valence-electron chi connectivity index (χ1n) is 8.04. The van der Waals surface area contributed by atoms with Crippen LogP contribution < -0.4 is 15.2 Å². The van der Waals surface area contributed by atoms with Crippen LogP contribution in [-0.4, -0.2) is 48.4 Å². The molecule has 1 amide bonds. The summed E-state index contributed by atoms with van der Waals surface area (Å²) < 4.78 is 10.6. The van der Waals surface area contributed by atoms with Crippen LogP contribution in [0.1, 0.15) is 25.3 Å². The first kappa shape index (κ1) is 18.8. The number of likely N-dealkylation sites (N-methyl/N-ethyl adjacent to an activating group) is 1. The second-order valence-corrected chi connectivity index (χ2v) is 6.06. The minimum absolute atomic E-state index is 0.0147. The number of rotatable bonds is 9. The lowest BCUT2D eigenvalue weighted by atomic mass is 10.0. The standard InChI is InChI=1S/C16H23N3O6/c1-11(7-12-3-5-14-15(8-12)24-10-23-14)18(2)16(20)6-4-13(17)9-25-19(21)22/h3,5,8,11,13H,4,6-7,9-10,17H2,1-2H3. The Morgan fingerprint density at radius 3 is 2.88 bits per heavy atom. The summed E-state index contributed by atoms with van der Waals surface area (Å²) in [5.41, 5.74) is 6.74. The Hall–Kier alpha value is -2.55. The van der Waals surface area contributed by atoms with E-state index in [0.29, 0.717) is 12.8 Å². The Bertz CT molecular complexity index is 624. The molecule has 1 aliphatic rings. The van der Waals surface area contributed by atoms with Gasteiger partial charge in [-0.1, -0.05) is 6.07 Å². The van der Waals surface area contributed by atoms with Crippen LogP contribution in [0.15, 0.2) is 18.2 Å². The molecule has 2 atom stereocenters. The lowest BCUT2D eigenvalue weighted by molar-refractivity contribution is -0.758. The van der Waals surface area contributed by atoms with Crippen molar-refractivity contribution in [2.75, 3.05) is 20.4 Å². The molecule has 0 radical (unpaired) electrons. The van der Waals surface area contributed by atoms with Gasteiger partial charge in [-0.2, -0.15) is 0 Å². The predicted molar refractivity (Wildman–Crippen MR) is 88.7 cm³/mol. The molecule has 25 heavy (non-hydrogen) atoms. The summed E-state index contributed by atoms with van der Waals surface area (Å²) in [6.45, 7) is 1.97. The van der Waals surface area contributed by atoms with Gasteiger partial charge in [-0.15, -0.1) is 10.1 Å². The zero-order valence-electron chi connectivity index (χ0n) is 14.3. The fourth-order valence-corrected chi connectivity index (χ4v) is 2.52. The minimum Gasteiger partial charge on any atom is -0.454 e. The number of nitrogens with zero attached hydrogens (tertiary/aromatic N) is 2. The van der Waals surface area contributed by atoms with Crippen LogP contribution in [0.2, 0.25) is 0 Å². The maximum atomic E-state index is 12.3. The number of hydrogen-bond donors (Lipinski definition) is 1. The van der Waals surface area contributed by atoms with Gasteiger partial charge in [-0.05, 0) is 37.5 Å². The number of nitrogens with two attached hydrogens (primary N) is 1. The highest BCUT2D eigenvalue weighted by atomic mass is 16.9. The second-order valence-electron chi connectivity index (χ2n) is 6.06. The van der Waals surface area contributed by atoms with E-state index in [9.17, 15) is 14.9 Å². The highest BCUT2D eigenvalue weighted by Crippen LogP contribution is 2.32. The minimum atomic E-state index is -0.888. The molecule has 2 rings (SSSR count). The zero-order valence-corrected chi connectivity index (χ0v) is 14.3. The second kappa shape index (κ2) is 8.52. The maximum Gasteiger partial charge on any atom is 0.294 e. The lowest BCUT2D eigenvalue weighted by Gasteiger charge is -2.25. The van der Waals surface area contributed by atoms with Crippen LogP contribution >= 0.6 is 0 Å². The highest BCUT2D eigenvalue weighted by molar-refractivity contribution is 5.76.